The molecule has 0 fully saturated rings. The van der Waals surface area contributed by atoms with Gasteiger partial charge in [0.05, 0.1) is 19.0 Å². The van der Waals surface area contributed by atoms with Gasteiger partial charge in [0.2, 0.25) is 0 Å². The van der Waals surface area contributed by atoms with E-state index in [-0.39, 0.29) is 5.91 Å². The molecule has 0 spiro atoms. The van der Waals surface area contributed by atoms with Crippen LogP contribution in [0.4, 0.5) is 5.69 Å². The fraction of sp³-hybridized carbons (Fsp3) is 0.217. The van der Waals surface area contributed by atoms with E-state index < -0.39 is 0 Å². The molecule has 5 nitrogen and oxygen atoms in total. The van der Waals surface area contributed by atoms with Crippen molar-refractivity contribution < 1.29 is 9.53 Å². The van der Waals surface area contributed by atoms with Crippen LogP contribution in [0.15, 0.2) is 66.9 Å². The van der Waals surface area contributed by atoms with Gasteiger partial charge in [-0.05, 0) is 48.7 Å². The first kappa shape index (κ1) is 19.4. The Morgan fingerprint density at radius 1 is 1.04 bits per heavy atom. The molecule has 2 N–H and O–H groups in total. The first-order valence-electron chi connectivity index (χ1n) is 9.30. The lowest BCUT2D eigenvalue weighted by Crippen LogP contribution is -2.26. The first-order chi connectivity index (χ1) is 13.6. The largest absolute Gasteiger partial charge is 0.497 e. The number of amides is 1. The van der Waals surface area contributed by atoms with Crippen molar-refractivity contribution in [2.75, 3.05) is 19.0 Å². The summed E-state index contributed by atoms with van der Waals surface area (Å²) in [5.74, 6) is 0.646. The molecule has 0 aliphatic carbocycles. The highest BCUT2D eigenvalue weighted by molar-refractivity contribution is 5.92. The van der Waals surface area contributed by atoms with E-state index in [1.54, 1.807) is 19.4 Å². The standard InChI is InChI=1S/C23H25N3O2/c1-17-5-3-7-19(13-17)15-25-20-9-10-22(26-16-20)23(27)24-12-11-18-6-4-8-21(14-18)28-2/h3-10,13-14,16,25H,11-12,15H2,1-2H3,(H,24,27). The average Bonchev–Trinajstić information content (AvgIpc) is 2.73. The normalized spacial score (nSPS) is 10.4. The number of nitrogens with one attached hydrogen (secondary N) is 2. The number of ether oxygens (including phenoxy) is 1. The van der Waals surface area contributed by atoms with Crippen LogP contribution in [0.2, 0.25) is 0 Å². The zero-order valence-electron chi connectivity index (χ0n) is 16.2. The van der Waals surface area contributed by atoms with E-state index in [2.05, 4.69) is 40.7 Å². The molecule has 0 unspecified atom stereocenters. The maximum atomic E-state index is 12.3. The fourth-order valence-electron chi connectivity index (χ4n) is 2.90. The average molecular weight is 375 g/mol. The maximum absolute atomic E-state index is 12.3. The lowest BCUT2D eigenvalue weighted by molar-refractivity contribution is 0.0949. The zero-order chi connectivity index (χ0) is 19.8. The van der Waals surface area contributed by atoms with Crippen LogP contribution in [0.1, 0.15) is 27.2 Å². The summed E-state index contributed by atoms with van der Waals surface area (Å²) in [7, 11) is 1.64. The van der Waals surface area contributed by atoms with Gasteiger partial charge in [-0.25, -0.2) is 4.98 Å². The summed E-state index contributed by atoms with van der Waals surface area (Å²) in [5.41, 5.74) is 4.85. The van der Waals surface area contributed by atoms with Crippen molar-refractivity contribution in [3.05, 3.63) is 89.2 Å². The minimum absolute atomic E-state index is 0.173. The Hall–Kier alpha value is -3.34. The molecule has 1 heterocycles. The van der Waals surface area contributed by atoms with E-state index in [1.807, 2.05) is 36.4 Å². The number of anilines is 1. The lowest BCUT2D eigenvalue weighted by atomic mass is 10.1. The first-order valence-corrected chi connectivity index (χ1v) is 9.30. The minimum atomic E-state index is -0.173. The molecular formula is C23H25N3O2. The van der Waals surface area contributed by atoms with Crippen molar-refractivity contribution >= 4 is 11.6 Å². The van der Waals surface area contributed by atoms with Gasteiger partial charge < -0.3 is 15.4 Å². The van der Waals surface area contributed by atoms with Gasteiger partial charge in [0, 0.05) is 13.1 Å². The van der Waals surface area contributed by atoms with Crippen molar-refractivity contribution in [2.45, 2.75) is 19.9 Å². The number of carbonyl (C=O) groups excluding carboxylic acids is 1. The Labute approximate surface area is 165 Å². The number of aromatic nitrogens is 1. The molecule has 5 heteroatoms. The minimum Gasteiger partial charge on any atom is -0.497 e. The van der Waals surface area contributed by atoms with E-state index in [4.69, 9.17) is 4.74 Å². The molecule has 0 radical (unpaired) electrons. The van der Waals surface area contributed by atoms with Crippen LogP contribution < -0.4 is 15.4 Å². The highest BCUT2D eigenvalue weighted by Crippen LogP contribution is 2.13. The molecule has 0 saturated carbocycles. The Kier molecular flexibility index (Phi) is 6.63. The van der Waals surface area contributed by atoms with E-state index >= 15 is 0 Å². The number of benzene rings is 2. The third-order valence-corrected chi connectivity index (χ3v) is 4.41. The third kappa shape index (κ3) is 5.58. The van der Waals surface area contributed by atoms with Gasteiger partial charge in [0.25, 0.3) is 5.91 Å². The van der Waals surface area contributed by atoms with Crippen LogP contribution in [-0.2, 0) is 13.0 Å². The molecule has 28 heavy (non-hydrogen) atoms. The van der Waals surface area contributed by atoms with Crippen LogP contribution >= 0.6 is 0 Å². The number of hydrogen-bond donors (Lipinski definition) is 2. The number of rotatable bonds is 8. The van der Waals surface area contributed by atoms with Gasteiger partial charge in [-0.15, -0.1) is 0 Å². The molecule has 0 aliphatic rings. The molecule has 1 aromatic heterocycles. The Morgan fingerprint density at radius 2 is 1.86 bits per heavy atom. The summed E-state index contributed by atoms with van der Waals surface area (Å²) in [6, 6.07) is 19.8. The van der Waals surface area contributed by atoms with Crippen LogP contribution in [0.5, 0.6) is 5.75 Å². The van der Waals surface area contributed by atoms with Gasteiger partial charge in [-0.1, -0.05) is 42.0 Å². The second-order valence-electron chi connectivity index (χ2n) is 6.63. The Morgan fingerprint density at radius 3 is 2.61 bits per heavy atom. The van der Waals surface area contributed by atoms with Crippen molar-refractivity contribution in [1.29, 1.82) is 0 Å². The highest BCUT2D eigenvalue weighted by atomic mass is 16.5. The monoisotopic (exact) mass is 375 g/mol. The molecule has 2 aromatic carbocycles. The molecule has 3 rings (SSSR count). The fourth-order valence-corrected chi connectivity index (χ4v) is 2.90. The molecule has 0 bridgehead atoms. The number of methoxy groups -OCH3 is 1. The number of hydrogen-bond acceptors (Lipinski definition) is 4. The molecule has 0 atom stereocenters. The third-order valence-electron chi connectivity index (χ3n) is 4.41. The predicted molar refractivity (Wildman–Crippen MR) is 112 cm³/mol. The topological polar surface area (TPSA) is 63.2 Å². The molecule has 0 aliphatic heterocycles. The number of nitrogens with zero attached hydrogens (tertiary/aromatic N) is 1. The second kappa shape index (κ2) is 9.55. The zero-order valence-corrected chi connectivity index (χ0v) is 16.2. The SMILES string of the molecule is COc1cccc(CCNC(=O)c2ccc(NCc3cccc(C)c3)cn2)c1. The van der Waals surface area contributed by atoms with Gasteiger partial charge >= 0.3 is 0 Å². The van der Waals surface area contributed by atoms with Gasteiger partial charge in [0.1, 0.15) is 11.4 Å². The molecule has 144 valence electrons. The van der Waals surface area contributed by atoms with Crippen molar-refractivity contribution in [2.24, 2.45) is 0 Å². The summed E-state index contributed by atoms with van der Waals surface area (Å²) in [6.07, 6.45) is 2.42. The predicted octanol–water partition coefficient (Wildman–Crippen LogP) is 3.98. The van der Waals surface area contributed by atoms with E-state index in [1.165, 1.54) is 11.1 Å². The van der Waals surface area contributed by atoms with Crippen LogP contribution in [0.25, 0.3) is 0 Å². The van der Waals surface area contributed by atoms with Gasteiger partial charge in [-0.3, -0.25) is 4.79 Å². The Bertz CT molecular complexity index is 923. The maximum Gasteiger partial charge on any atom is 0.269 e. The molecule has 0 saturated heterocycles. The van der Waals surface area contributed by atoms with Crippen LogP contribution in [0.3, 0.4) is 0 Å². The van der Waals surface area contributed by atoms with E-state index in [0.717, 1.165) is 30.0 Å². The quantitative estimate of drug-likeness (QED) is 0.625. The highest BCUT2D eigenvalue weighted by Gasteiger charge is 2.07. The summed E-state index contributed by atoms with van der Waals surface area (Å²) in [6.45, 7) is 3.34. The van der Waals surface area contributed by atoms with E-state index in [0.29, 0.717) is 12.2 Å². The van der Waals surface area contributed by atoms with Gasteiger partial charge in [0.15, 0.2) is 0 Å². The lowest BCUT2D eigenvalue weighted by Gasteiger charge is -2.09. The van der Waals surface area contributed by atoms with Gasteiger partial charge in [-0.2, -0.15) is 0 Å². The van der Waals surface area contributed by atoms with Crippen molar-refractivity contribution in [1.82, 2.24) is 10.3 Å². The van der Waals surface area contributed by atoms with Crippen molar-refractivity contribution in [3.8, 4) is 5.75 Å². The molecular weight excluding hydrogens is 350 g/mol. The summed E-state index contributed by atoms with van der Waals surface area (Å²) >= 11 is 0. The molecule has 1 amide bonds. The summed E-state index contributed by atoms with van der Waals surface area (Å²) < 4.78 is 5.21. The Balaban J connectivity index is 1.47. The second-order valence-corrected chi connectivity index (χ2v) is 6.63. The summed E-state index contributed by atoms with van der Waals surface area (Å²) in [4.78, 5) is 16.5. The smallest absolute Gasteiger partial charge is 0.269 e. The summed E-state index contributed by atoms with van der Waals surface area (Å²) in [5, 5.41) is 6.23. The number of carbonyl (C=O) groups is 1. The van der Waals surface area contributed by atoms with Crippen molar-refractivity contribution in [3.63, 3.8) is 0 Å². The van der Waals surface area contributed by atoms with E-state index in [9.17, 15) is 4.79 Å². The van der Waals surface area contributed by atoms with Crippen LogP contribution in [0, 0.1) is 6.92 Å². The van der Waals surface area contributed by atoms with Crippen LogP contribution in [-0.4, -0.2) is 24.5 Å². The number of pyridine rings is 1. The molecule has 3 aromatic rings. The number of aryl methyl sites for hydroxylation is 1.